The van der Waals surface area contributed by atoms with E-state index in [9.17, 15) is 4.39 Å². The standard InChI is InChI=1S/C17H22FNO/c1-13(2)17-6-3-9-19(17)12-14-7-8-16(18)15(11-14)5-4-10-20/h7-8,11,13,17,20H,3,6,9-10,12H2,1-2H3. The molecule has 108 valence electrons. The average Bonchev–Trinajstić information content (AvgIpc) is 2.87. The van der Waals surface area contributed by atoms with Gasteiger partial charge in [-0.2, -0.15) is 0 Å². The molecule has 2 rings (SSSR count). The van der Waals surface area contributed by atoms with Gasteiger partial charge >= 0.3 is 0 Å². The molecule has 0 amide bonds. The highest BCUT2D eigenvalue weighted by Crippen LogP contribution is 2.25. The fourth-order valence-corrected chi connectivity index (χ4v) is 2.94. The summed E-state index contributed by atoms with van der Waals surface area (Å²) in [5.41, 5.74) is 1.46. The molecule has 2 nitrogen and oxygen atoms in total. The third-order valence-electron chi connectivity index (χ3n) is 3.90. The van der Waals surface area contributed by atoms with Crippen LogP contribution in [-0.2, 0) is 6.54 Å². The summed E-state index contributed by atoms with van der Waals surface area (Å²) in [7, 11) is 0. The van der Waals surface area contributed by atoms with Crippen molar-refractivity contribution in [1.29, 1.82) is 0 Å². The molecule has 0 spiro atoms. The molecule has 1 aromatic carbocycles. The summed E-state index contributed by atoms with van der Waals surface area (Å²) < 4.78 is 13.6. The van der Waals surface area contributed by atoms with Gasteiger partial charge < -0.3 is 5.11 Å². The highest BCUT2D eigenvalue weighted by atomic mass is 19.1. The second kappa shape index (κ2) is 6.88. The van der Waals surface area contributed by atoms with Gasteiger partial charge in [0.1, 0.15) is 12.4 Å². The molecule has 1 N–H and O–H groups in total. The third kappa shape index (κ3) is 3.59. The van der Waals surface area contributed by atoms with Gasteiger partial charge in [0.25, 0.3) is 0 Å². The number of rotatable bonds is 3. The van der Waals surface area contributed by atoms with Crippen molar-refractivity contribution in [3.63, 3.8) is 0 Å². The lowest BCUT2D eigenvalue weighted by molar-refractivity contribution is 0.199. The molecule has 0 aromatic heterocycles. The van der Waals surface area contributed by atoms with Crippen LogP contribution >= 0.6 is 0 Å². The Morgan fingerprint density at radius 3 is 2.95 bits per heavy atom. The fraction of sp³-hybridized carbons (Fsp3) is 0.529. The summed E-state index contributed by atoms with van der Waals surface area (Å²) in [6.45, 7) is 6.22. The van der Waals surface area contributed by atoms with Crippen LogP contribution in [0.5, 0.6) is 0 Å². The maximum atomic E-state index is 13.6. The zero-order chi connectivity index (χ0) is 14.5. The van der Waals surface area contributed by atoms with Gasteiger partial charge in [-0.1, -0.05) is 31.8 Å². The van der Waals surface area contributed by atoms with Crippen LogP contribution in [0, 0.1) is 23.6 Å². The van der Waals surface area contributed by atoms with Crippen LogP contribution in [0.4, 0.5) is 4.39 Å². The van der Waals surface area contributed by atoms with E-state index in [1.807, 2.05) is 6.07 Å². The van der Waals surface area contributed by atoms with Crippen molar-refractivity contribution in [2.24, 2.45) is 5.92 Å². The van der Waals surface area contributed by atoms with E-state index < -0.39 is 0 Å². The molecular formula is C17H22FNO. The predicted molar refractivity (Wildman–Crippen MR) is 78.6 cm³/mol. The molecule has 20 heavy (non-hydrogen) atoms. The van der Waals surface area contributed by atoms with Crippen LogP contribution in [-0.4, -0.2) is 29.2 Å². The monoisotopic (exact) mass is 275 g/mol. The molecule has 0 bridgehead atoms. The Kier molecular flexibility index (Phi) is 5.17. The highest BCUT2D eigenvalue weighted by Gasteiger charge is 2.26. The van der Waals surface area contributed by atoms with Gasteiger partial charge in [-0.05, 0) is 43.0 Å². The Balaban J connectivity index is 2.13. The van der Waals surface area contributed by atoms with Crippen molar-refractivity contribution >= 4 is 0 Å². The van der Waals surface area contributed by atoms with Gasteiger partial charge in [0.15, 0.2) is 0 Å². The number of likely N-dealkylation sites (tertiary alicyclic amines) is 1. The lowest BCUT2D eigenvalue weighted by Crippen LogP contribution is -2.32. The maximum Gasteiger partial charge on any atom is 0.138 e. The summed E-state index contributed by atoms with van der Waals surface area (Å²) in [4.78, 5) is 2.47. The van der Waals surface area contributed by atoms with Crippen LogP contribution in [0.25, 0.3) is 0 Å². The normalized spacial score (nSPS) is 19.1. The van der Waals surface area contributed by atoms with Gasteiger partial charge in [0, 0.05) is 12.6 Å². The quantitative estimate of drug-likeness (QED) is 0.857. The van der Waals surface area contributed by atoms with Crippen molar-refractivity contribution in [3.05, 3.63) is 35.1 Å². The lowest BCUT2D eigenvalue weighted by atomic mass is 10.0. The Hall–Kier alpha value is -1.37. The lowest BCUT2D eigenvalue weighted by Gasteiger charge is -2.27. The number of benzene rings is 1. The molecule has 1 fully saturated rings. The van der Waals surface area contributed by atoms with Crippen LogP contribution < -0.4 is 0 Å². The van der Waals surface area contributed by atoms with Crippen LogP contribution in [0.15, 0.2) is 18.2 Å². The molecule has 1 atom stereocenters. The Morgan fingerprint density at radius 1 is 1.45 bits per heavy atom. The molecule has 3 heteroatoms. The van der Waals surface area contributed by atoms with Crippen molar-refractivity contribution < 1.29 is 9.50 Å². The smallest absolute Gasteiger partial charge is 0.138 e. The minimum Gasteiger partial charge on any atom is -0.384 e. The first-order valence-electron chi connectivity index (χ1n) is 7.24. The Labute approximate surface area is 120 Å². The molecule has 0 aliphatic carbocycles. The molecule has 1 unspecified atom stereocenters. The topological polar surface area (TPSA) is 23.5 Å². The molecule has 0 saturated carbocycles. The molecule has 1 heterocycles. The number of halogens is 1. The summed E-state index contributed by atoms with van der Waals surface area (Å²) in [5, 5.41) is 8.71. The molecule has 1 saturated heterocycles. The van der Waals surface area contributed by atoms with Crippen molar-refractivity contribution in [3.8, 4) is 11.8 Å². The third-order valence-corrected chi connectivity index (χ3v) is 3.90. The summed E-state index contributed by atoms with van der Waals surface area (Å²) in [6.07, 6.45) is 2.48. The Morgan fingerprint density at radius 2 is 2.25 bits per heavy atom. The van der Waals surface area contributed by atoms with Crippen molar-refractivity contribution in [2.45, 2.75) is 39.3 Å². The highest BCUT2D eigenvalue weighted by molar-refractivity contribution is 5.38. The summed E-state index contributed by atoms with van der Waals surface area (Å²) >= 11 is 0. The van der Waals surface area contributed by atoms with Gasteiger partial charge in [0.2, 0.25) is 0 Å². The number of hydrogen-bond donors (Lipinski definition) is 1. The second-order valence-electron chi connectivity index (χ2n) is 5.70. The average molecular weight is 275 g/mol. The second-order valence-corrected chi connectivity index (χ2v) is 5.70. The van der Waals surface area contributed by atoms with Gasteiger partial charge in [-0.25, -0.2) is 4.39 Å². The van der Waals surface area contributed by atoms with E-state index in [4.69, 9.17) is 5.11 Å². The van der Waals surface area contributed by atoms with Crippen molar-refractivity contribution in [1.82, 2.24) is 4.90 Å². The predicted octanol–water partition coefficient (Wildman–Crippen LogP) is 2.79. The Bertz CT molecular complexity index is 515. The van der Waals surface area contributed by atoms with Crippen LogP contribution in [0.1, 0.15) is 37.8 Å². The van der Waals surface area contributed by atoms with E-state index in [0.717, 1.165) is 18.7 Å². The SMILES string of the molecule is CC(C)C1CCCN1Cc1ccc(F)c(C#CCO)c1. The number of nitrogens with zero attached hydrogens (tertiary/aromatic N) is 1. The molecule has 1 aromatic rings. The summed E-state index contributed by atoms with van der Waals surface area (Å²) in [5.74, 6) is 5.50. The first kappa shape index (κ1) is 15.0. The first-order valence-corrected chi connectivity index (χ1v) is 7.24. The molecule has 0 radical (unpaired) electrons. The van der Waals surface area contributed by atoms with E-state index in [2.05, 4.69) is 30.6 Å². The zero-order valence-electron chi connectivity index (χ0n) is 12.2. The first-order chi connectivity index (χ1) is 9.61. The van der Waals surface area contributed by atoms with E-state index in [0.29, 0.717) is 17.5 Å². The van der Waals surface area contributed by atoms with Gasteiger partial charge in [-0.15, -0.1) is 0 Å². The van der Waals surface area contributed by atoms with Gasteiger partial charge in [0.05, 0.1) is 5.56 Å². The summed E-state index contributed by atoms with van der Waals surface area (Å²) in [6, 6.07) is 5.71. The fourth-order valence-electron chi connectivity index (χ4n) is 2.94. The molecule has 1 aliphatic rings. The molecule has 1 aliphatic heterocycles. The minimum atomic E-state index is -0.323. The largest absolute Gasteiger partial charge is 0.384 e. The number of aliphatic hydroxyl groups excluding tert-OH is 1. The van der Waals surface area contributed by atoms with Crippen LogP contribution in [0.3, 0.4) is 0 Å². The maximum absolute atomic E-state index is 13.6. The number of aliphatic hydroxyl groups is 1. The zero-order valence-corrected chi connectivity index (χ0v) is 12.2. The van der Waals surface area contributed by atoms with E-state index in [-0.39, 0.29) is 12.4 Å². The van der Waals surface area contributed by atoms with E-state index in [1.165, 1.54) is 18.9 Å². The molecular weight excluding hydrogens is 253 g/mol. The number of hydrogen-bond acceptors (Lipinski definition) is 2. The van der Waals surface area contributed by atoms with E-state index >= 15 is 0 Å². The van der Waals surface area contributed by atoms with E-state index in [1.54, 1.807) is 6.07 Å². The van der Waals surface area contributed by atoms with Crippen molar-refractivity contribution in [2.75, 3.05) is 13.2 Å². The minimum absolute atomic E-state index is 0.245. The van der Waals surface area contributed by atoms with Gasteiger partial charge in [-0.3, -0.25) is 4.90 Å². The van der Waals surface area contributed by atoms with Crippen LogP contribution in [0.2, 0.25) is 0 Å².